The molecule has 2 aromatic rings. The number of hydrogen-bond acceptors (Lipinski definition) is 2. The summed E-state index contributed by atoms with van der Waals surface area (Å²) < 4.78 is 1.49. The third kappa shape index (κ3) is 1.59. The highest BCUT2D eigenvalue weighted by Crippen LogP contribution is 2.28. The van der Waals surface area contributed by atoms with Crippen molar-refractivity contribution in [3.63, 3.8) is 0 Å². The molecule has 2 nitrogen and oxygen atoms in total. The highest BCUT2D eigenvalue weighted by Gasteiger charge is 2.07. The summed E-state index contributed by atoms with van der Waals surface area (Å²) in [5.41, 5.74) is 0.526. The van der Waals surface area contributed by atoms with Gasteiger partial charge >= 0.3 is 0 Å². The second kappa shape index (κ2) is 3.77. The normalized spacial score (nSPS) is 10.4. The van der Waals surface area contributed by atoms with Gasteiger partial charge in [-0.25, -0.2) is 3.96 Å². The molecule has 0 aliphatic rings. The quantitative estimate of drug-likeness (QED) is 0.757. The smallest absolute Gasteiger partial charge is 0.265 e. The van der Waals surface area contributed by atoms with Gasteiger partial charge in [0.1, 0.15) is 0 Å². The lowest BCUT2D eigenvalue weighted by molar-refractivity contribution is 1.13. The van der Waals surface area contributed by atoms with Crippen molar-refractivity contribution in [1.82, 2.24) is 3.96 Å². The molecule has 14 heavy (non-hydrogen) atoms. The molecule has 0 saturated heterocycles. The van der Waals surface area contributed by atoms with Crippen LogP contribution in [0.15, 0.2) is 34.4 Å². The maximum atomic E-state index is 11.4. The molecule has 0 aliphatic carbocycles. The van der Waals surface area contributed by atoms with Crippen LogP contribution >= 0.6 is 34.7 Å². The van der Waals surface area contributed by atoms with E-state index in [1.54, 1.807) is 23.6 Å². The Morgan fingerprint density at radius 3 is 2.64 bits per heavy atom. The summed E-state index contributed by atoms with van der Waals surface area (Å²) in [5, 5.41) is 2.56. The molecule has 0 unspecified atom stereocenters. The molecule has 1 aromatic carbocycles. The lowest BCUT2D eigenvalue weighted by Gasteiger charge is -2.03. The SMILES string of the molecule is O=c1ccsn1-c1cccc(Cl)c1Cl. The van der Waals surface area contributed by atoms with E-state index in [1.807, 2.05) is 0 Å². The maximum Gasteiger partial charge on any atom is 0.265 e. The highest BCUT2D eigenvalue weighted by molar-refractivity contribution is 7.04. The number of rotatable bonds is 1. The fourth-order valence-electron chi connectivity index (χ4n) is 1.09. The Bertz CT molecular complexity index is 518. The topological polar surface area (TPSA) is 22.0 Å². The van der Waals surface area contributed by atoms with Gasteiger partial charge in [-0.05, 0) is 12.1 Å². The van der Waals surface area contributed by atoms with Crippen LogP contribution in [-0.2, 0) is 0 Å². The van der Waals surface area contributed by atoms with E-state index in [4.69, 9.17) is 23.2 Å². The van der Waals surface area contributed by atoms with Gasteiger partial charge in [0.25, 0.3) is 5.56 Å². The summed E-state index contributed by atoms with van der Waals surface area (Å²) in [4.78, 5) is 11.4. The van der Waals surface area contributed by atoms with Crippen LogP contribution in [0.3, 0.4) is 0 Å². The molecule has 72 valence electrons. The van der Waals surface area contributed by atoms with Crippen LogP contribution in [0, 0.1) is 0 Å². The summed E-state index contributed by atoms with van der Waals surface area (Å²) >= 11 is 13.1. The zero-order chi connectivity index (χ0) is 10.1. The van der Waals surface area contributed by atoms with Crippen molar-refractivity contribution in [3.8, 4) is 5.69 Å². The molecular weight excluding hydrogens is 241 g/mol. The number of benzene rings is 1. The fourth-order valence-corrected chi connectivity index (χ4v) is 2.25. The first kappa shape index (κ1) is 9.77. The van der Waals surface area contributed by atoms with Crippen LogP contribution in [0.4, 0.5) is 0 Å². The fraction of sp³-hybridized carbons (Fsp3) is 0. The Balaban J connectivity index is 2.69. The second-order valence-electron chi connectivity index (χ2n) is 2.61. The van der Waals surface area contributed by atoms with Gasteiger partial charge in [0.05, 0.1) is 15.7 Å². The Morgan fingerprint density at radius 2 is 2.00 bits per heavy atom. The third-order valence-corrected chi connectivity index (χ3v) is 3.38. The molecule has 0 radical (unpaired) electrons. The predicted octanol–water partition coefficient (Wildman–Crippen LogP) is 3.21. The summed E-state index contributed by atoms with van der Waals surface area (Å²) in [7, 11) is 0. The van der Waals surface area contributed by atoms with Gasteiger partial charge in [-0.2, -0.15) is 0 Å². The van der Waals surface area contributed by atoms with Crippen LogP contribution in [-0.4, -0.2) is 3.96 Å². The van der Waals surface area contributed by atoms with Gasteiger partial charge < -0.3 is 0 Å². The molecule has 0 spiro atoms. The van der Waals surface area contributed by atoms with Gasteiger partial charge in [-0.15, -0.1) is 0 Å². The molecule has 2 rings (SSSR count). The van der Waals surface area contributed by atoms with E-state index in [0.717, 1.165) is 0 Å². The zero-order valence-electron chi connectivity index (χ0n) is 6.91. The highest BCUT2D eigenvalue weighted by atomic mass is 35.5. The monoisotopic (exact) mass is 245 g/mol. The van der Waals surface area contributed by atoms with Crippen LogP contribution < -0.4 is 5.56 Å². The third-order valence-electron chi connectivity index (χ3n) is 1.73. The number of aromatic nitrogens is 1. The van der Waals surface area contributed by atoms with Gasteiger partial charge in [0, 0.05) is 11.4 Å². The molecular formula is C9H5Cl2NOS. The largest absolute Gasteiger partial charge is 0.268 e. The number of hydrogen-bond donors (Lipinski definition) is 0. The van der Waals surface area contributed by atoms with Gasteiger partial charge in [0.15, 0.2) is 0 Å². The van der Waals surface area contributed by atoms with Crippen LogP contribution in [0.2, 0.25) is 10.0 Å². The number of halogens is 2. The average Bonchev–Trinajstić information content (AvgIpc) is 2.57. The zero-order valence-corrected chi connectivity index (χ0v) is 9.23. The Hall–Kier alpha value is -0.770. The van der Waals surface area contributed by atoms with Gasteiger partial charge in [-0.1, -0.05) is 40.8 Å². The molecule has 0 N–H and O–H groups in total. The van der Waals surface area contributed by atoms with Gasteiger partial charge in [-0.3, -0.25) is 4.79 Å². The van der Waals surface area contributed by atoms with E-state index in [-0.39, 0.29) is 5.56 Å². The molecule has 1 aromatic heterocycles. The minimum Gasteiger partial charge on any atom is -0.268 e. The summed E-state index contributed by atoms with van der Waals surface area (Å²) in [6.45, 7) is 0. The van der Waals surface area contributed by atoms with Crippen molar-refractivity contribution < 1.29 is 0 Å². The molecule has 0 aliphatic heterocycles. The molecule has 0 saturated carbocycles. The van der Waals surface area contributed by atoms with Gasteiger partial charge in [0.2, 0.25) is 0 Å². The Morgan fingerprint density at radius 1 is 1.21 bits per heavy atom. The van der Waals surface area contributed by atoms with E-state index in [9.17, 15) is 4.79 Å². The minimum atomic E-state index is -0.0980. The summed E-state index contributed by atoms with van der Waals surface area (Å²) in [6.07, 6.45) is 0. The van der Waals surface area contributed by atoms with E-state index in [0.29, 0.717) is 15.7 Å². The van der Waals surface area contributed by atoms with Crippen molar-refractivity contribution in [2.45, 2.75) is 0 Å². The van der Waals surface area contributed by atoms with Crippen LogP contribution in [0.1, 0.15) is 0 Å². The molecule has 5 heteroatoms. The van der Waals surface area contributed by atoms with E-state index in [2.05, 4.69) is 0 Å². The van der Waals surface area contributed by atoms with Crippen LogP contribution in [0.5, 0.6) is 0 Å². The molecule has 0 fully saturated rings. The van der Waals surface area contributed by atoms with Crippen molar-refractivity contribution in [3.05, 3.63) is 50.0 Å². The molecule has 0 atom stereocenters. The summed E-state index contributed by atoms with van der Waals surface area (Å²) in [6, 6.07) is 6.69. The molecule has 1 heterocycles. The van der Waals surface area contributed by atoms with Crippen molar-refractivity contribution in [1.29, 1.82) is 0 Å². The second-order valence-corrected chi connectivity index (χ2v) is 4.25. The first-order valence-corrected chi connectivity index (χ1v) is 5.41. The lowest BCUT2D eigenvalue weighted by atomic mass is 10.3. The lowest BCUT2D eigenvalue weighted by Crippen LogP contribution is -2.09. The first-order chi connectivity index (χ1) is 6.70. The molecule has 0 amide bonds. The predicted molar refractivity (Wildman–Crippen MR) is 59.9 cm³/mol. The van der Waals surface area contributed by atoms with Crippen molar-refractivity contribution >= 4 is 34.7 Å². The first-order valence-electron chi connectivity index (χ1n) is 3.81. The average molecular weight is 246 g/mol. The minimum absolute atomic E-state index is 0.0980. The summed E-state index contributed by atoms with van der Waals surface area (Å²) in [5.74, 6) is 0. The standard InChI is InChI=1S/C9H5Cl2NOS/c10-6-2-1-3-7(9(6)11)12-8(13)4-5-14-12/h1-5H. The van der Waals surface area contributed by atoms with Crippen LogP contribution in [0.25, 0.3) is 5.69 Å². The number of nitrogens with zero attached hydrogens (tertiary/aromatic N) is 1. The van der Waals surface area contributed by atoms with E-state index in [1.165, 1.54) is 21.6 Å². The van der Waals surface area contributed by atoms with E-state index >= 15 is 0 Å². The molecule has 0 bridgehead atoms. The Kier molecular flexibility index (Phi) is 2.63. The Labute approximate surface area is 94.5 Å². The van der Waals surface area contributed by atoms with Crippen molar-refractivity contribution in [2.24, 2.45) is 0 Å². The van der Waals surface area contributed by atoms with E-state index < -0.39 is 0 Å². The maximum absolute atomic E-state index is 11.4. The van der Waals surface area contributed by atoms with Crippen molar-refractivity contribution in [2.75, 3.05) is 0 Å².